The molecule has 86 valence electrons. The fourth-order valence-electron chi connectivity index (χ4n) is 1.07. The van der Waals surface area contributed by atoms with Gasteiger partial charge in [-0.1, -0.05) is 6.07 Å². The van der Waals surface area contributed by atoms with Gasteiger partial charge in [-0.25, -0.2) is 9.18 Å². The van der Waals surface area contributed by atoms with E-state index in [0.29, 0.717) is 11.3 Å². The number of halogens is 1. The number of carbonyl (C=O) groups is 2. The predicted molar refractivity (Wildman–Crippen MR) is 57.4 cm³/mol. The molecule has 0 fully saturated rings. The second-order valence-electron chi connectivity index (χ2n) is 3.23. The largest absolute Gasteiger partial charge is 0.376 e. The molecular formula is C10H12FN3O2. The molecule has 4 N–H and O–H groups in total. The Hall–Kier alpha value is -2.11. The molecule has 0 saturated carbocycles. The Morgan fingerprint density at radius 1 is 1.44 bits per heavy atom. The van der Waals surface area contributed by atoms with Crippen LogP contribution in [0.5, 0.6) is 0 Å². The lowest BCUT2D eigenvalue weighted by atomic mass is 10.2. The van der Waals surface area contributed by atoms with Gasteiger partial charge in [0.15, 0.2) is 0 Å². The maximum atomic E-state index is 13.1. The van der Waals surface area contributed by atoms with Gasteiger partial charge in [0.2, 0.25) is 5.91 Å². The molecule has 0 saturated heterocycles. The highest BCUT2D eigenvalue weighted by Crippen LogP contribution is 2.12. The van der Waals surface area contributed by atoms with Crippen molar-refractivity contribution in [2.45, 2.75) is 6.92 Å². The summed E-state index contributed by atoms with van der Waals surface area (Å²) in [6, 6.07) is 3.58. The van der Waals surface area contributed by atoms with Crippen LogP contribution < -0.4 is 16.4 Å². The minimum atomic E-state index is -0.915. The van der Waals surface area contributed by atoms with Crippen molar-refractivity contribution in [3.63, 3.8) is 0 Å². The normalized spacial score (nSPS) is 9.62. The minimum absolute atomic E-state index is 0.147. The number of nitrogens with one attached hydrogen (secondary N) is 2. The molecule has 16 heavy (non-hydrogen) atoms. The van der Waals surface area contributed by atoms with Gasteiger partial charge in [0.25, 0.3) is 0 Å². The zero-order chi connectivity index (χ0) is 12.1. The van der Waals surface area contributed by atoms with Crippen molar-refractivity contribution in [3.05, 3.63) is 29.6 Å². The minimum Gasteiger partial charge on any atom is -0.376 e. The summed E-state index contributed by atoms with van der Waals surface area (Å²) in [4.78, 5) is 21.3. The van der Waals surface area contributed by atoms with E-state index in [4.69, 9.17) is 5.73 Å². The lowest BCUT2D eigenvalue weighted by molar-refractivity contribution is -0.118. The Morgan fingerprint density at radius 3 is 2.69 bits per heavy atom. The molecule has 0 atom stereocenters. The lowest BCUT2D eigenvalue weighted by Gasteiger charge is -2.06. The van der Waals surface area contributed by atoms with Gasteiger partial charge in [-0.05, 0) is 24.6 Å². The molecule has 0 heterocycles. The maximum Gasteiger partial charge on any atom is 0.318 e. The first-order valence-corrected chi connectivity index (χ1v) is 4.58. The summed E-state index contributed by atoms with van der Waals surface area (Å²) in [5, 5.41) is 4.54. The molecule has 1 aromatic rings. The topological polar surface area (TPSA) is 84.2 Å². The van der Waals surface area contributed by atoms with Gasteiger partial charge in [-0.2, -0.15) is 0 Å². The van der Waals surface area contributed by atoms with Gasteiger partial charge in [0.1, 0.15) is 5.82 Å². The molecule has 0 aliphatic heterocycles. The summed E-state index contributed by atoms with van der Waals surface area (Å²) < 4.78 is 13.1. The number of anilines is 1. The number of nitrogens with two attached hydrogens (primary N) is 1. The van der Waals surface area contributed by atoms with Crippen molar-refractivity contribution in [1.29, 1.82) is 0 Å². The third-order valence-electron chi connectivity index (χ3n) is 1.89. The van der Waals surface area contributed by atoms with E-state index in [-0.39, 0.29) is 12.4 Å². The van der Waals surface area contributed by atoms with E-state index in [1.165, 1.54) is 6.07 Å². The molecule has 5 nitrogen and oxygen atoms in total. The highest BCUT2D eigenvalue weighted by atomic mass is 19.1. The van der Waals surface area contributed by atoms with E-state index in [1.807, 2.05) is 5.32 Å². The Kier molecular flexibility index (Phi) is 3.82. The number of aryl methyl sites for hydroxylation is 1. The molecule has 0 radical (unpaired) electrons. The van der Waals surface area contributed by atoms with Crippen LogP contribution in [0.2, 0.25) is 0 Å². The number of primary amides is 1. The quantitative estimate of drug-likeness (QED) is 0.709. The molecule has 0 aromatic heterocycles. The summed E-state index contributed by atoms with van der Waals surface area (Å²) in [6.07, 6.45) is 0. The third kappa shape index (κ3) is 3.56. The van der Waals surface area contributed by atoms with E-state index < -0.39 is 11.9 Å². The first kappa shape index (κ1) is 12.0. The van der Waals surface area contributed by atoms with Crippen LogP contribution in [0.3, 0.4) is 0 Å². The summed E-state index contributed by atoms with van der Waals surface area (Å²) >= 11 is 0. The zero-order valence-electron chi connectivity index (χ0n) is 8.71. The maximum absolute atomic E-state index is 13.1. The molecule has 0 aliphatic rings. The molecule has 3 amide bonds. The van der Waals surface area contributed by atoms with Gasteiger partial charge < -0.3 is 11.1 Å². The van der Waals surface area contributed by atoms with Crippen LogP contribution in [0.15, 0.2) is 18.2 Å². The summed E-state index contributed by atoms with van der Waals surface area (Å²) in [7, 11) is 0. The highest BCUT2D eigenvalue weighted by molar-refractivity contribution is 5.95. The Bertz CT molecular complexity index is 421. The average Bonchev–Trinajstić information content (AvgIpc) is 2.19. The summed E-state index contributed by atoms with van der Waals surface area (Å²) in [5.41, 5.74) is 5.73. The standard InChI is InChI=1S/C10H12FN3O2/c1-6-2-3-7(4-8(6)11)13-5-9(15)14-10(12)16/h2-4,13H,5H2,1H3,(H3,12,14,15,16). The van der Waals surface area contributed by atoms with Crippen molar-refractivity contribution < 1.29 is 14.0 Å². The van der Waals surface area contributed by atoms with Crippen LogP contribution in [-0.2, 0) is 4.79 Å². The second kappa shape index (κ2) is 5.11. The number of imide groups is 1. The third-order valence-corrected chi connectivity index (χ3v) is 1.89. The van der Waals surface area contributed by atoms with Crippen LogP contribution in [-0.4, -0.2) is 18.5 Å². The second-order valence-corrected chi connectivity index (χ2v) is 3.23. The smallest absolute Gasteiger partial charge is 0.318 e. The lowest BCUT2D eigenvalue weighted by Crippen LogP contribution is -2.38. The monoisotopic (exact) mass is 225 g/mol. The van der Waals surface area contributed by atoms with E-state index in [9.17, 15) is 14.0 Å². The van der Waals surface area contributed by atoms with E-state index in [1.54, 1.807) is 19.1 Å². The fraction of sp³-hybridized carbons (Fsp3) is 0.200. The Balaban J connectivity index is 2.51. The number of hydrogen-bond acceptors (Lipinski definition) is 3. The Labute approximate surface area is 91.8 Å². The molecule has 1 aromatic carbocycles. The zero-order valence-corrected chi connectivity index (χ0v) is 8.71. The first-order valence-electron chi connectivity index (χ1n) is 4.58. The van der Waals surface area contributed by atoms with Crippen LogP contribution in [0.25, 0.3) is 0 Å². The molecule has 0 bridgehead atoms. The number of hydrogen-bond donors (Lipinski definition) is 3. The van der Waals surface area contributed by atoms with Crippen molar-refractivity contribution in [2.24, 2.45) is 5.73 Å². The van der Waals surface area contributed by atoms with Crippen molar-refractivity contribution in [1.82, 2.24) is 5.32 Å². The van der Waals surface area contributed by atoms with Crippen molar-refractivity contribution >= 4 is 17.6 Å². The first-order chi connectivity index (χ1) is 7.49. The number of carbonyl (C=O) groups excluding carboxylic acids is 2. The molecule has 0 unspecified atom stereocenters. The molecule has 6 heteroatoms. The van der Waals surface area contributed by atoms with Crippen molar-refractivity contribution in [2.75, 3.05) is 11.9 Å². The SMILES string of the molecule is Cc1ccc(NCC(=O)NC(N)=O)cc1F. The van der Waals surface area contributed by atoms with Gasteiger partial charge in [-0.3, -0.25) is 10.1 Å². The van der Waals surface area contributed by atoms with E-state index >= 15 is 0 Å². The summed E-state index contributed by atoms with van der Waals surface area (Å²) in [5.74, 6) is -0.936. The highest BCUT2D eigenvalue weighted by Gasteiger charge is 2.04. The molecule has 0 aliphatic carbocycles. The average molecular weight is 225 g/mol. The van der Waals surface area contributed by atoms with Crippen LogP contribution in [0, 0.1) is 12.7 Å². The number of amides is 3. The number of rotatable bonds is 3. The van der Waals surface area contributed by atoms with Gasteiger partial charge in [0.05, 0.1) is 6.54 Å². The van der Waals surface area contributed by atoms with Gasteiger partial charge in [0, 0.05) is 5.69 Å². The number of urea groups is 1. The van der Waals surface area contributed by atoms with Crippen LogP contribution >= 0.6 is 0 Å². The molecule has 0 spiro atoms. The van der Waals surface area contributed by atoms with E-state index in [0.717, 1.165) is 0 Å². The van der Waals surface area contributed by atoms with Crippen LogP contribution in [0.4, 0.5) is 14.9 Å². The molecular weight excluding hydrogens is 213 g/mol. The van der Waals surface area contributed by atoms with Gasteiger partial charge >= 0.3 is 6.03 Å². The number of benzene rings is 1. The predicted octanol–water partition coefficient (Wildman–Crippen LogP) is 0.741. The summed E-state index contributed by atoms with van der Waals surface area (Å²) in [6.45, 7) is 1.49. The van der Waals surface area contributed by atoms with Crippen LogP contribution in [0.1, 0.15) is 5.56 Å². The molecule has 1 rings (SSSR count). The van der Waals surface area contributed by atoms with E-state index in [2.05, 4.69) is 5.32 Å². The van der Waals surface area contributed by atoms with Crippen molar-refractivity contribution in [3.8, 4) is 0 Å². The fourth-order valence-corrected chi connectivity index (χ4v) is 1.07. The Morgan fingerprint density at radius 2 is 2.12 bits per heavy atom. The van der Waals surface area contributed by atoms with Gasteiger partial charge in [-0.15, -0.1) is 0 Å².